The van der Waals surface area contributed by atoms with E-state index in [4.69, 9.17) is 0 Å². The minimum atomic E-state index is -0.132. The molecule has 0 bridgehead atoms. The number of nitrogens with one attached hydrogen (secondary N) is 3. The fourth-order valence-electron chi connectivity index (χ4n) is 2.71. The number of anilines is 1. The van der Waals surface area contributed by atoms with Crippen LogP contribution in [0.5, 0.6) is 0 Å². The fourth-order valence-corrected chi connectivity index (χ4v) is 2.71. The van der Waals surface area contributed by atoms with E-state index < -0.39 is 0 Å². The quantitative estimate of drug-likeness (QED) is 0.738. The summed E-state index contributed by atoms with van der Waals surface area (Å²) in [5.74, 6) is -0.248. The van der Waals surface area contributed by atoms with Gasteiger partial charge in [0, 0.05) is 36.4 Å². The number of aryl methyl sites for hydroxylation is 1. The fraction of sp³-hybridized carbons (Fsp3) is 0.263. The molecule has 0 unspecified atom stereocenters. The highest BCUT2D eigenvalue weighted by molar-refractivity contribution is 5.95. The van der Waals surface area contributed by atoms with Crippen LogP contribution < -0.4 is 16.0 Å². The van der Waals surface area contributed by atoms with Gasteiger partial charge in [-0.25, -0.2) is 0 Å². The molecule has 0 fully saturated rings. The average molecular weight is 323 g/mol. The van der Waals surface area contributed by atoms with Crippen LogP contribution in [0.2, 0.25) is 0 Å². The van der Waals surface area contributed by atoms with Gasteiger partial charge in [0.1, 0.15) is 0 Å². The van der Waals surface area contributed by atoms with Crippen molar-refractivity contribution in [3.63, 3.8) is 0 Å². The van der Waals surface area contributed by atoms with Crippen LogP contribution in [0.1, 0.15) is 31.8 Å². The molecule has 2 aromatic carbocycles. The van der Waals surface area contributed by atoms with E-state index in [1.54, 1.807) is 12.1 Å². The zero-order chi connectivity index (χ0) is 16.9. The maximum atomic E-state index is 12.2. The van der Waals surface area contributed by atoms with E-state index in [1.165, 1.54) is 5.56 Å². The van der Waals surface area contributed by atoms with Crippen molar-refractivity contribution in [1.82, 2.24) is 10.6 Å². The Morgan fingerprint density at radius 2 is 1.58 bits per heavy atom. The van der Waals surface area contributed by atoms with Crippen LogP contribution in [-0.2, 0) is 6.42 Å². The summed E-state index contributed by atoms with van der Waals surface area (Å²) in [5, 5.41) is 8.91. The van der Waals surface area contributed by atoms with Gasteiger partial charge < -0.3 is 16.0 Å². The summed E-state index contributed by atoms with van der Waals surface area (Å²) in [4.78, 5) is 24.1. The molecule has 0 spiro atoms. The molecule has 3 rings (SSSR count). The lowest BCUT2D eigenvalue weighted by atomic mass is 10.1. The number of carbonyl (C=O) groups excluding carboxylic acids is 2. The van der Waals surface area contributed by atoms with Crippen LogP contribution in [0.3, 0.4) is 0 Å². The third-order valence-electron chi connectivity index (χ3n) is 4.09. The summed E-state index contributed by atoms with van der Waals surface area (Å²) in [6.07, 6.45) is 0.947. The summed E-state index contributed by atoms with van der Waals surface area (Å²) in [7, 11) is 0. The highest BCUT2D eigenvalue weighted by Gasteiger charge is 2.13. The molecule has 124 valence electrons. The maximum absolute atomic E-state index is 12.2. The molecule has 2 aromatic rings. The Kier molecular flexibility index (Phi) is 4.79. The summed E-state index contributed by atoms with van der Waals surface area (Å²) in [6, 6.07) is 13.1. The van der Waals surface area contributed by atoms with Gasteiger partial charge in [-0.15, -0.1) is 0 Å². The number of hydrogen-bond donors (Lipinski definition) is 3. The maximum Gasteiger partial charge on any atom is 0.251 e. The van der Waals surface area contributed by atoms with Gasteiger partial charge >= 0.3 is 0 Å². The summed E-state index contributed by atoms with van der Waals surface area (Å²) >= 11 is 0. The topological polar surface area (TPSA) is 70.2 Å². The lowest BCUT2D eigenvalue weighted by molar-refractivity contribution is 0.0927. The number of amides is 2. The number of rotatable bonds is 5. The van der Waals surface area contributed by atoms with E-state index in [1.807, 2.05) is 37.3 Å². The Morgan fingerprint density at radius 3 is 2.29 bits per heavy atom. The Bertz CT molecular complexity index is 754. The van der Waals surface area contributed by atoms with Gasteiger partial charge in [0.2, 0.25) is 0 Å². The van der Waals surface area contributed by atoms with Crippen LogP contribution in [0.4, 0.5) is 5.69 Å². The molecule has 1 aliphatic heterocycles. The molecule has 0 saturated carbocycles. The zero-order valence-electron chi connectivity index (χ0n) is 13.7. The second-order valence-electron chi connectivity index (χ2n) is 5.93. The van der Waals surface area contributed by atoms with Crippen LogP contribution in [0, 0.1) is 6.92 Å². The van der Waals surface area contributed by atoms with Crippen molar-refractivity contribution in [3.05, 3.63) is 64.7 Å². The molecule has 5 heteroatoms. The monoisotopic (exact) mass is 323 g/mol. The summed E-state index contributed by atoms with van der Waals surface area (Å²) in [6.45, 7) is 3.69. The SMILES string of the molecule is Cc1ccc(C(=O)NCCNC(=O)c2ccc3c(c2)CCN3)cc1. The van der Waals surface area contributed by atoms with Gasteiger partial charge in [0.05, 0.1) is 0 Å². The lowest BCUT2D eigenvalue weighted by Crippen LogP contribution is -2.34. The molecule has 2 amide bonds. The molecule has 3 N–H and O–H groups in total. The molecule has 1 aliphatic rings. The third kappa shape index (κ3) is 3.74. The molecular weight excluding hydrogens is 302 g/mol. The van der Waals surface area contributed by atoms with Crippen molar-refractivity contribution in [3.8, 4) is 0 Å². The van der Waals surface area contributed by atoms with E-state index in [9.17, 15) is 9.59 Å². The Balaban J connectivity index is 1.45. The first-order chi connectivity index (χ1) is 11.6. The van der Waals surface area contributed by atoms with E-state index in [2.05, 4.69) is 16.0 Å². The number of benzene rings is 2. The number of hydrogen-bond acceptors (Lipinski definition) is 3. The van der Waals surface area contributed by atoms with Crippen molar-refractivity contribution in [2.24, 2.45) is 0 Å². The van der Waals surface area contributed by atoms with Crippen molar-refractivity contribution in [2.75, 3.05) is 25.0 Å². The molecule has 0 aliphatic carbocycles. The molecule has 0 atom stereocenters. The third-order valence-corrected chi connectivity index (χ3v) is 4.09. The van der Waals surface area contributed by atoms with Gasteiger partial charge in [-0.1, -0.05) is 17.7 Å². The Labute approximate surface area is 141 Å². The van der Waals surface area contributed by atoms with Gasteiger partial charge in [-0.3, -0.25) is 9.59 Å². The van der Waals surface area contributed by atoms with Gasteiger partial charge in [-0.05, 0) is 49.2 Å². The van der Waals surface area contributed by atoms with E-state index >= 15 is 0 Å². The molecule has 1 heterocycles. The molecule has 24 heavy (non-hydrogen) atoms. The molecule has 0 aromatic heterocycles. The first kappa shape index (κ1) is 16.1. The van der Waals surface area contributed by atoms with Gasteiger partial charge in [-0.2, -0.15) is 0 Å². The second kappa shape index (κ2) is 7.17. The Hall–Kier alpha value is -2.82. The second-order valence-corrected chi connectivity index (χ2v) is 5.93. The van der Waals surface area contributed by atoms with Crippen LogP contribution in [0.15, 0.2) is 42.5 Å². The first-order valence-electron chi connectivity index (χ1n) is 8.13. The molecule has 5 nitrogen and oxygen atoms in total. The van der Waals surface area contributed by atoms with Crippen LogP contribution in [0.25, 0.3) is 0 Å². The highest BCUT2D eigenvalue weighted by atomic mass is 16.2. The van der Waals surface area contributed by atoms with Crippen LogP contribution >= 0.6 is 0 Å². The average Bonchev–Trinajstić information content (AvgIpc) is 3.06. The standard InChI is InChI=1S/C19H21N3O2/c1-13-2-4-14(5-3-13)18(23)21-10-11-22-19(24)16-6-7-17-15(12-16)8-9-20-17/h2-7,12,20H,8-11H2,1H3,(H,21,23)(H,22,24). The minimum absolute atomic E-state index is 0.116. The Morgan fingerprint density at radius 1 is 0.958 bits per heavy atom. The smallest absolute Gasteiger partial charge is 0.251 e. The van der Waals surface area contributed by atoms with E-state index in [0.717, 1.165) is 24.2 Å². The molecular formula is C19H21N3O2. The number of fused-ring (bicyclic) bond motifs is 1. The predicted molar refractivity (Wildman–Crippen MR) is 94.5 cm³/mol. The highest BCUT2D eigenvalue weighted by Crippen LogP contribution is 2.22. The normalized spacial score (nSPS) is 12.2. The lowest BCUT2D eigenvalue weighted by Gasteiger charge is -2.08. The van der Waals surface area contributed by atoms with Gasteiger partial charge in [0.15, 0.2) is 0 Å². The number of carbonyl (C=O) groups is 2. The van der Waals surface area contributed by atoms with Gasteiger partial charge in [0.25, 0.3) is 11.8 Å². The van der Waals surface area contributed by atoms with Crippen molar-refractivity contribution in [1.29, 1.82) is 0 Å². The summed E-state index contributed by atoms with van der Waals surface area (Å²) in [5.41, 5.74) is 4.68. The van der Waals surface area contributed by atoms with Crippen molar-refractivity contribution in [2.45, 2.75) is 13.3 Å². The largest absolute Gasteiger partial charge is 0.384 e. The van der Waals surface area contributed by atoms with E-state index in [0.29, 0.717) is 24.2 Å². The first-order valence-corrected chi connectivity index (χ1v) is 8.13. The van der Waals surface area contributed by atoms with E-state index in [-0.39, 0.29) is 11.8 Å². The zero-order valence-corrected chi connectivity index (χ0v) is 13.7. The predicted octanol–water partition coefficient (Wildman–Crippen LogP) is 2.12. The van der Waals surface area contributed by atoms with Crippen molar-refractivity contribution >= 4 is 17.5 Å². The molecule has 0 saturated heterocycles. The summed E-state index contributed by atoms with van der Waals surface area (Å²) < 4.78 is 0. The molecule has 0 radical (unpaired) electrons. The van der Waals surface area contributed by atoms with Crippen LogP contribution in [-0.4, -0.2) is 31.4 Å². The van der Waals surface area contributed by atoms with Crippen molar-refractivity contribution < 1.29 is 9.59 Å². The minimum Gasteiger partial charge on any atom is -0.384 e.